The van der Waals surface area contributed by atoms with Crippen LogP contribution in [0, 0.1) is 59.1 Å². The van der Waals surface area contributed by atoms with Gasteiger partial charge >= 0.3 is 64.1 Å². The molecule has 2 unspecified atom stereocenters. The van der Waals surface area contributed by atoms with Crippen LogP contribution >= 0.6 is 17.0 Å². The van der Waals surface area contributed by atoms with Crippen LogP contribution in [0.15, 0.2) is 79.5 Å². The third-order valence-electron chi connectivity index (χ3n) is 8.72. The van der Waals surface area contributed by atoms with E-state index < -0.39 is 20.8 Å². The quantitative estimate of drug-likeness (QED) is 0.246. The molecule has 0 fully saturated rings. The maximum atomic E-state index is 4.93. The fraction of sp³-hybridized carbons (Fsp3) is 0.459. The Kier molecular flexibility index (Phi) is 37.0. The number of hydrogen-bond donors (Lipinski definition) is 0. The minimum absolute atomic E-state index is 0. The molecule has 4 aliphatic carbocycles. The van der Waals surface area contributed by atoms with E-state index in [1.165, 1.54) is 39.0 Å². The fourth-order valence-electron chi connectivity index (χ4n) is 5.34. The summed E-state index contributed by atoms with van der Waals surface area (Å²) in [6, 6.07) is 0. The molecule has 6 heteroatoms. The Morgan fingerprint density at radius 1 is 0.698 bits per heavy atom. The predicted octanol–water partition coefficient (Wildman–Crippen LogP) is 7.19. The minimum atomic E-state index is -0.826. The molecule has 1 radical (unpaired) electrons. The van der Waals surface area contributed by atoms with Crippen molar-refractivity contribution in [2.75, 3.05) is 0 Å². The molecule has 2 atom stereocenters. The average molecular weight is 827 g/mol. The molecular weight excluding hydrogens is 769 g/mol. The molecule has 0 bridgehead atoms. The number of allylic oxidation sites excluding steroid dienone is 16. The molecular formula is C37H58Cl4Zr2-5. The van der Waals surface area contributed by atoms with Crippen LogP contribution in [-0.2, 0) is 47.1 Å². The smallest absolute Gasteiger partial charge is 3.00 e. The Labute approximate surface area is 320 Å². The van der Waals surface area contributed by atoms with Gasteiger partial charge in [-0.1, -0.05) is 58.1 Å². The molecule has 0 saturated carbocycles. The van der Waals surface area contributed by atoms with Crippen molar-refractivity contribution in [3.8, 4) is 0 Å². The first-order valence-electron chi connectivity index (χ1n) is 12.9. The minimum Gasteiger partial charge on any atom is 3.00 e. The molecule has 247 valence electrons. The van der Waals surface area contributed by atoms with Crippen molar-refractivity contribution in [2.45, 2.75) is 96.4 Å². The Balaban J connectivity index is -0.0000000896. The van der Waals surface area contributed by atoms with Crippen molar-refractivity contribution in [2.24, 2.45) is 17.3 Å². The fourth-order valence-corrected chi connectivity index (χ4v) is 5.34. The zero-order chi connectivity index (χ0) is 28.0. The summed E-state index contributed by atoms with van der Waals surface area (Å²) in [6.45, 7) is 29.4. The Morgan fingerprint density at radius 3 is 1.16 bits per heavy atom. The van der Waals surface area contributed by atoms with E-state index in [9.17, 15) is 0 Å². The van der Waals surface area contributed by atoms with Gasteiger partial charge in [-0.2, -0.15) is 17.2 Å². The van der Waals surface area contributed by atoms with Crippen LogP contribution in [0.4, 0.5) is 0 Å². The maximum absolute atomic E-state index is 4.93. The Bertz CT molecular complexity index is 1030. The molecule has 43 heavy (non-hydrogen) atoms. The zero-order valence-electron chi connectivity index (χ0n) is 30.1. The van der Waals surface area contributed by atoms with Gasteiger partial charge in [-0.05, 0) is 75.0 Å². The standard InChI is InChI=1S/C18H26.C10H15.C5H5.4CH3.4ClH.2Zr/c1-9-10(2)14(6)17(13(9)5)18-15(7)11(3)12(4)16(18)8;1-7-6-10(4,5)9(3)8(7)2;1-2-4-5-3-1;;;;;;;;;;/h13,15H,1-8H3;1-5H3;1-3H,4H2;4*1H3;4*1H;;/q;6*-1;;;;;+2;+3/p-4. The van der Waals surface area contributed by atoms with E-state index >= 15 is 0 Å². The summed E-state index contributed by atoms with van der Waals surface area (Å²) < 4.78 is 0. The maximum Gasteiger partial charge on any atom is 3.00 e. The molecule has 0 nitrogen and oxygen atoms in total. The van der Waals surface area contributed by atoms with Gasteiger partial charge in [0.25, 0.3) is 0 Å². The number of hydrogen-bond acceptors (Lipinski definition) is 0. The summed E-state index contributed by atoms with van der Waals surface area (Å²) in [7, 11) is 9.87. The summed E-state index contributed by atoms with van der Waals surface area (Å²) in [5.41, 5.74) is 16.8. The molecule has 0 N–H and O–H groups in total. The third-order valence-corrected chi connectivity index (χ3v) is 8.72. The zero-order valence-corrected chi connectivity index (χ0v) is 38.0. The van der Waals surface area contributed by atoms with Gasteiger partial charge in [0, 0.05) is 11.8 Å². The Morgan fingerprint density at radius 2 is 1.05 bits per heavy atom. The number of halogens is 4. The SMILES string of the molecule is CC1=C(C)C(C)C(C2=C(C)C(C)=C(C)C2C)=C1C.CC1=[C-]C(C)(C)C(C)=C1C.[C-]1=CC=CC1.[CH3-].[CH3-].[CH3-].[CH3-].[Cl-].[Cl-].[Cl][Zr][Cl].[Zr+3]. The molecule has 0 aromatic rings. The first kappa shape index (κ1) is 59.3. The molecule has 0 spiro atoms. The van der Waals surface area contributed by atoms with Gasteiger partial charge in [0.05, 0.1) is 0 Å². The summed E-state index contributed by atoms with van der Waals surface area (Å²) in [5, 5.41) is 0. The van der Waals surface area contributed by atoms with Crippen LogP contribution in [0.1, 0.15) is 96.4 Å². The molecule has 0 aliphatic heterocycles. The van der Waals surface area contributed by atoms with E-state index in [-0.39, 0.29) is 86.1 Å². The normalized spacial score (nSPS) is 20.1. The second kappa shape index (κ2) is 26.9. The van der Waals surface area contributed by atoms with Crippen LogP contribution in [-0.4, -0.2) is 0 Å². The molecule has 0 heterocycles. The summed E-state index contributed by atoms with van der Waals surface area (Å²) >= 11 is -0.826. The molecule has 0 aromatic heterocycles. The van der Waals surface area contributed by atoms with Gasteiger partial charge < -0.3 is 54.5 Å². The van der Waals surface area contributed by atoms with Crippen molar-refractivity contribution >= 4 is 17.0 Å². The first-order chi connectivity index (χ1) is 16.6. The van der Waals surface area contributed by atoms with Crippen LogP contribution < -0.4 is 24.8 Å². The van der Waals surface area contributed by atoms with E-state index in [1.807, 2.05) is 12.2 Å². The van der Waals surface area contributed by atoms with E-state index in [0.717, 1.165) is 6.42 Å². The third kappa shape index (κ3) is 15.1. The predicted molar refractivity (Wildman–Crippen MR) is 184 cm³/mol. The second-order valence-electron chi connectivity index (χ2n) is 10.8. The summed E-state index contributed by atoms with van der Waals surface area (Å²) in [5.74, 6) is 1.19. The van der Waals surface area contributed by atoms with Gasteiger partial charge in [0.1, 0.15) is 0 Å². The van der Waals surface area contributed by atoms with Gasteiger partial charge in [0.2, 0.25) is 0 Å². The Hall–Kier alpha value is 0.846. The first-order valence-corrected chi connectivity index (χ1v) is 19.2. The van der Waals surface area contributed by atoms with E-state index in [2.05, 4.69) is 108 Å². The van der Waals surface area contributed by atoms with Crippen molar-refractivity contribution in [3.05, 3.63) is 121 Å². The van der Waals surface area contributed by atoms with E-state index in [4.69, 9.17) is 17.0 Å². The molecule has 4 rings (SSSR count). The van der Waals surface area contributed by atoms with E-state index in [0.29, 0.717) is 11.8 Å². The topological polar surface area (TPSA) is 0 Å². The van der Waals surface area contributed by atoms with E-state index in [1.54, 1.807) is 22.3 Å². The van der Waals surface area contributed by atoms with Gasteiger partial charge in [0.15, 0.2) is 0 Å². The van der Waals surface area contributed by atoms with Crippen LogP contribution in [0.2, 0.25) is 0 Å². The van der Waals surface area contributed by atoms with Crippen molar-refractivity contribution in [1.82, 2.24) is 0 Å². The largest absolute Gasteiger partial charge is 3.00 e. The van der Waals surface area contributed by atoms with Crippen molar-refractivity contribution in [3.63, 3.8) is 0 Å². The van der Waals surface area contributed by atoms with Crippen molar-refractivity contribution < 1.29 is 71.9 Å². The second-order valence-corrected chi connectivity index (χ2v) is 14.6. The molecule has 0 saturated heterocycles. The molecule has 4 aliphatic rings. The summed E-state index contributed by atoms with van der Waals surface area (Å²) in [6.07, 6.45) is 13.4. The van der Waals surface area contributed by atoms with Crippen molar-refractivity contribution in [1.29, 1.82) is 0 Å². The average Bonchev–Trinajstić information content (AvgIpc) is 3.55. The van der Waals surface area contributed by atoms with Crippen LogP contribution in [0.5, 0.6) is 0 Å². The van der Waals surface area contributed by atoms with Crippen LogP contribution in [0.3, 0.4) is 0 Å². The van der Waals surface area contributed by atoms with Crippen LogP contribution in [0.25, 0.3) is 0 Å². The molecule has 0 aromatic carbocycles. The number of rotatable bonds is 1. The monoisotopic (exact) mass is 822 g/mol. The van der Waals surface area contributed by atoms with Gasteiger partial charge in [-0.25, -0.2) is 17.7 Å². The van der Waals surface area contributed by atoms with Gasteiger partial charge in [-0.15, -0.1) is 13.3 Å². The van der Waals surface area contributed by atoms with Gasteiger partial charge in [-0.3, -0.25) is 12.2 Å². The molecule has 0 amide bonds. The summed E-state index contributed by atoms with van der Waals surface area (Å²) in [4.78, 5) is 0.